The normalized spacial score (nSPS) is 45.7. The number of carbonyl (C=O) groups excluding carboxylic acids is 3. The van der Waals surface area contributed by atoms with Crippen LogP contribution in [-0.4, -0.2) is 52.1 Å². The first-order chi connectivity index (χ1) is 16.8. The van der Waals surface area contributed by atoms with Crippen LogP contribution in [0.25, 0.3) is 0 Å². The van der Waals surface area contributed by atoms with Gasteiger partial charge in [0, 0.05) is 34.7 Å². The molecule has 0 saturated heterocycles. The molecular weight excluding hydrogens is 497 g/mol. The zero-order chi connectivity index (χ0) is 26.8. The zero-order valence-corrected chi connectivity index (χ0v) is 21.8. The maximum Gasteiger partial charge on any atom is 0.306 e. The second-order valence-corrected chi connectivity index (χ2v) is 11.7. The summed E-state index contributed by atoms with van der Waals surface area (Å²) < 4.78 is 53.7. The summed E-state index contributed by atoms with van der Waals surface area (Å²) in [5, 5.41) is 11.4. The molecule has 0 bridgehead atoms. The molecule has 4 rings (SSSR count). The first-order valence-corrected chi connectivity index (χ1v) is 13.3. The van der Waals surface area contributed by atoms with E-state index in [2.05, 4.69) is 0 Å². The van der Waals surface area contributed by atoms with E-state index in [-0.39, 0.29) is 19.3 Å². The number of ether oxygens (including phenoxy) is 1. The summed E-state index contributed by atoms with van der Waals surface area (Å²) in [6.45, 7) is 6.64. The van der Waals surface area contributed by atoms with E-state index >= 15 is 8.78 Å². The molecule has 3 saturated carbocycles. The highest BCUT2D eigenvalue weighted by Crippen LogP contribution is 2.72. The average molecular weight is 531 g/mol. The highest BCUT2D eigenvalue weighted by atomic mass is 35.5. The maximum atomic E-state index is 17.3. The Morgan fingerprint density at radius 1 is 1.25 bits per heavy atom. The molecule has 0 aromatic rings. The van der Waals surface area contributed by atoms with Gasteiger partial charge in [-0.15, -0.1) is 11.6 Å². The molecule has 0 heterocycles. The molecule has 0 unspecified atom stereocenters. The Labute approximate surface area is 214 Å². The number of rotatable bonds is 6. The van der Waals surface area contributed by atoms with Crippen LogP contribution in [0.1, 0.15) is 66.2 Å². The molecule has 1 N–H and O–H groups in total. The highest BCUT2D eigenvalue weighted by Gasteiger charge is 2.78. The van der Waals surface area contributed by atoms with Crippen LogP contribution >= 0.6 is 11.6 Å². The fourth-order valence-electron chi connectivity index (χ4n) is 8.14. The summed E-state index contributed by atoms with van der Waals surface area (Å²) >= 11 is 6.01. The van der Waals surface area contributed by atoms with Crippen LogP contribution in [0.2, 0.25) is 0 Å². The van der Waals surface area contributed by atoms with Gasteiger partial charge < -0.3 is 9.84 Å². The van der Waals surface area contributed by atoms with Gasteiger partial charge in [-0.2, -0.15) is 0 Å². The molecule has 9 heteroatoms. The minimum absolute atomic E-state index is 0.0944. The average Bonchev–Trinajstić information content (AvgIpc) is 3.03. The maximum absolute atomic E-state index is 17.3. The topological polar surface area (TPSA) is 80.7 Å². The predicted octanol–water partition coefficient (Wildman–Crippen LogP) is 5.13. The molecule has 0 aromatic carbocycles. The Kier molecular flexibility index (Phi) is 6.82. The molecule has 5 nitrogen and oxygen atoms in total. The molecule has 3 fully saturated rings. The Balaban J connectivity index is 1.85. The first-order valence-electron chi connectivity index (χ1n) is 12.7. The molecule has 9 atom stereocenters. The van der Waals surface area contributed by atoms with Crippen LogP contribution in [0.15, 0.2) is 23.6 Å². The summed E-state index contributed by atoms with van der Waals surface area (Å²) in [6, 6.07) is 0. The summed E-state index contributed by atoms with van der Waals surface area (Å²) in [5.41, 5.74) is -7.91. The van der Waals surface area contributed by atoms with Gasteiger partial charge in [0.1, 0.15) is 6.17 Å². The van der Waals surface area contributed by atoms with Crippen LogP contribution < -0.4 is 0 Å². The number of Topliss-reactive ketones (excluding diaryl/α,β-unsaturated/α-hetero) is 1. The Morgan fingerprint density at radius 3 is 2.53 bits per heavy atom. The largest absolute Gasteiger partial charge is 0.450 e. The van der Waals surface area contributed by atoms with Crippen molar-refractivity contribution in [1.29, 1.82) is 0 Å². The van der Waals surface area contributed by atoms with E-state index in [1.165, 1.54) is 13.0 Å². The lowest BCUT2D eigenvalue weighted by molar-refractivity contribution is -0.230. The van der Waals surface area contributed by atoms with Crippen molar-refractivity contribution in [2.75, 3.05) is 5.88 Å². The van der Waals surface area contributed by atoms with E-state index in [9.17, 15) is 23.9 Å². The number of aliphatic hydroxyl groups is 1. The standard InChI is InChI=1S/C27H34ClF3O5/c1-5-6-7-21(35)36-27(20(34)13-28)14(2)10-15-16-11-17(29)22-23(30)18(32)8-9-24(22,3)26(16,31)19(33)12-25(15,27)4/h8-9,14-17,19,33H,5-7,10-13H2,1-4H3/t14-,15+,16+,17+,19+,24+,25+,26+,27+/m1/s1. The van der Waals surface area contributed by atoms with Gasteiger partial charge in [-0.05, 0) is 44.6 Å². The number of esters is 1. The minimum atomic E-state index is -2.50. The molecule has 0 aliphatic heterocycles. The highest BCUT2D eigenvalue weighted by molar-refractivity contribution is 6.29. The van der Waals surface area contributed by atoms with E-state index in [0.29, 0.717) is 6.42 Å². The smallest absolute Gasteiger partial charge is 0.306 e. The molecule has 200 valence electrons. The van der Waals surface area contributed by atoms with Gasteiger partial charge in [-0.3, -0.25) is 14.4 Å². The molecule has 0 spiro atoms. The summed E-state index contributed by atoms with van der Waals surface area (Å²) in [6.07, 6.45) is -0.749. The third-order valence-corrected chi connectivity index (χ3v) is 10.0. The lowest BCUT2D eigenvalue weighted by atomic mass is 9.44. The van der Waals surface area contributed by atoms with E-state index in [1.54, 1.807) is 13.8 Å². The van der Waals surface area contributed by atoms with E-state index in [1.807, 2.05) is 6.92 Å². The molecule has 4 aliphatic rings. The van der Waals surface area contributed by atoms with Crippen molar-refractivity contribution in [2.45, 2.75) is 89.8 Å². The zero-order valence-electron chi connectivity index (χ0n) is 21.1. The Hall–Kier alpha value is -1.67. The quantitative estimate of drug-likeness (QED) is 0.380. The second kappa shape index (κ2) is 8.97. The fourth-order valence-corrected chi connectivity index (χ4v) is 8.33. The van der Waals surface area contributed by atoms with Crippen molar-refractivity contribution in [3.8, 4) is 0 Å². The van der Waals surface area contributed by atoms with Gasteiger partial charge in [0.05, 0.1) is 12.0 Å². The summed E-state index contributed by atoms with van der Waals surface area (Å²) in [7, 11) is 0. The SMILES string of the molecule is CCCCC(=O)O[C@]1(C(=O)CCl)[C@H](C)C[C@H]2[C@@H]3C[C@H](F)C4=C(F)C(=O)C=C[C@]4(C)[C@@]3(F)[C@@H](O)C[C@@]21C. The number of allylic oxidation sites excluding steroid dienone is 4. The van der Waals surface area contributed by atoms with Crippen LogP contribution in [0.4, 0.5) is 13.2 Å². The van der Waals surface area contributed by atoms with Crippen molar-refractivity contribution in [1.82, 2.24) is 0 Å². The van der Waals surface area contributed by atoms with Crippen LogP contribution in [0, 0.1) is 28.6 Å². The third kappa shape index (κ3) is 3.28. The van der Waals surface area contributed by atoms with Crippen molar-refractivity contribution >= 4 is 29.1 Å². The van der Waals surface area contributed by atoms with Crippen LogP contribution in [-0.2, 0) is 19.1 Å². The van der Waals surface area contributed by atoms with Gasteiger partial charge in [0.25, 0.3) is 0 Å². The van der Waals surface area contributed by atoms with Gasteiger partial charge in [0.15, 0.2) is 22.9 Å². The van der Waals surface area contributed by atoms with Gasteiger partial charge in [-0.1, -0.05) is 33.3 Å². The Bertz CT molecular complexity index is 1040. The third-order valence-electron chi connectivity index (χ3n) is 9.79. The molecular formula is C27H34ClF3O5. The number of ketones is 2. The lowest BCUT2D eigenvalue weighted by Crippen LogP contribution is -2.71. The van der Waals surface area contributed by atoms with Gasteiger partial charge in [-0.25, -0.2) is 13.2 Å². The van der Waals surface area contributed by atoms with Crippen molar-refractivity contribution < 1.29 is 37.4 Å². The van der Waals surface area contributed by atoms with Crippen molar-refractivity contribution in [3.05, 3.63) is 23.6 Å². The molecule has 0 aromatic heterocycles. The minimum Gasteiger partial charge on any atom is -0.450 e. The number of unbranched alkanes of at least 4 members (excludes halogenated alkanes) is 1. The number of alkyl halides is 3. The lowest BCUT2D eigenvalue weighted by Gasteiger charge is -2.63. The fraction of sp³-hybridized carbons (Fsp3) is 0.741. The number of carbonyl (C=O) groups is 3. The monoisotopic (exact) mass is 530 g/mol. The summed E-state index contributed by atoms with van der Waals surface area (Å²) in [5.74, 6) is -6.25. The number of aliphatic hydroxyl groups excluding tert-OH is 1. The molecule has 36 heavy (non-hydrogen) atoms. The summed E-state index contributed by atoms with van der Waals surface area (Å²) in [4.78, 5) is 38.2. The van der Waals surface area contributed by atoms with E-state index in [4.69, 9.17) is 16.3 Å². The number of fused-ring (bicyclic) bond motifs is 5. The number of hydrogen-bond donors (Lipinski definition) is 1. The van der Waals surface area contributed by atoms with Gasteiger partial charge in [0.2, 0.25) is 5.78 Å². The number of halogens is 4. The molecule has 0 radical (unpaired) electrons. The van der Waals surface area contributed by atoms with Gasteiger partial charge >= 0.3 is 5.97 Å². The van der Waals surface area contributed by atoms with Crippen LogP contribution in [0.5, 0.6) is 0 Å². The van der Waals surface area contributed by atoms with Crippen molar-refractivity contribution in [3.63, 3.8) is 0 Å². The first kappa shape index (κ1) is 27.4. The van der Waals surface area contributed by atoms with Crippen LogP contribution in [0.3, 0.4) is 0 Å². The molecule has 4 aliphatic carbocycles. The van der Waals surface area contributed by atoms with Crippen molar-refractivity contribution in [2.24, 2.45) is 28.6 Å². The van der Waals surface area contributed by atoms with E-state index < -0.39 is 93.4 Å². The Morgan fingerprint density at radius 2 is 1.92 bits per heavy atom. The number of hydrogen-bond acceptors (Lipinski definition) is 5. The predicted molar refractivity (Wildman–Crippen MR) is 127 cm³/mol. The van der Waals surface area contributed by atoms with E-state index in [0.717, 1.165) is 12.5 Å². The second-order valence-electron chi connectivity index (χ2n) is 11.5. The molecule has 0 amide bonds.